The van der Waals surface area contributed by atoms with Crippen LogP contribution in [0.1, 0.15) is 17.3 Å². The number of carboxylic acid groups (broad SMARTS) is 1. The molecule has 0 aliphatic carbocycles. The maximum Gasteiger partial charge on any atom is 0.341 e. The molecule has 0 fully saturated rings. The van der Waals surface area contributed by atoms with Gasteiger partial charge in [0.25, 0.3) is 0 Å². The predicted octanol–water partition coefficient (Wildman–Crippen LogP) is 1.92. The highest BCUT2D eigenvalue weighted by Crippen LogP contribution is 2.23. The Bertz CT molecular complexity index is 750. The minimum Gasteiger partial charge on any atom is -0.477 e. The van der Waals surface area contributed by atoms with Gasteiger partial charge in [0.2, 0.25) is 5.43 Å². The molecule has 0 unspecified atom stereocenters. The number of aromatic carboxylic acids is 1. The number of aryl methyl sites for hydroxylation is 1. The molecule has 1 aromatic heterocycles. The van der Waals surface area contributed by atoms with Crippen LogP contribution in [0.25, 0.3) is 10.9 Å². The number of hydrogen-bond acceptors (Lipinski definition) is 3. The molecule has 0 saturated heterocycles. The monoisotopic (exact) mass is 278 g/mol. The molecule has 106 valence electrons. The Labute approximate surface area is 114 Å². The number of hydrogen-bond donors (Lipinski definition) is 1. The average Bonchev–Trinajstić information content (AvgIpc) is 2.38. The summed E-state index contributed by atoms with van der Waals surface area (Å²) in [5.74, 6) is -1.86. The molecule has 20 heavy (non-hydrogen) atoms. The molecule has 0 spiro atoms. The van der Waals surface area contributed by atoms with Crippen LogP contribution in [0.5, 0.6) is 0 Å². The third-order valence-electron chi connectivity index (χ3n) is 3.20. The first-order valence-corrected chi connectivity index (χ1v) is 6.14. The Hall–Kier alpha value is -2.37. The second-order valence-corrected chi connectivity index (χ2v) is 4.68. The molecule has 1 N–H and O–H groups in total. The lowest BCUT2D eigenvalue weighted by molar-refractivity contribution is 0.0695. The van der Waals surface area contributed by atoms with Gasteiger partial charge in [-0.1, -0.05) is 0 Å². The number of benzene rings is 1. The molecule has 5 nitrogen and oxygen atoms in total. The Morgan fingerprint density at radius 1 is 1.40 bits per heavy atom. The van der Waals surface area contributed by atoms with Crippen LogP contribution < -0.4 is 10.3 Å². The maximum atomic E-state index is 14.0. The van der Waals surface area contributed by atoms with Crippen LogP contribution in [-0.2, 0) is 6.54 Å². The van der Waals surface area contributed by atoms with E-state index in [1.807, 2.05) is 6.92 Å². The zero-order valence-corrected chi connectivity index (χ0v) is 11.5. The fourth-order valence-electron chi connectivity index (χ4n) is 2.16. The summed E-state index contributed by atoms with van der Waals surface area (Å²) in [7, 11) is 3.40. The minimum absolute atomic E-state index is 0.0786. The van der Waals surface area contributed by atoms with Crippen LogP contribution in [0.4, 0.5) is 10.1 Å². The lowest BCUT2D eigenvalue weighted by Gasteiger charge is -2.17. The number of halogens is 1. The second kappa shape index (κ2) is 4.96. The van der Waals surface area contributed by atoms with E-state index in [2.05, 4.69) is 0 Å². The van der Waals surface area contributed by atoms with Crippen LogP contribution in [0, 0.1) is 5.82 Å². The van der Waals surface area contributed by atoms with Gasteiger partial charge in [0.05, 0.1) is 11.2 Å². The Morgan fingerprint density at radius 2 is 2.05 bits per heavy atom. The number of aromatic nitrogens is 1. The van der Waals surface area contributed by atoms with Crippen molar-refractivity contribution in [3.63, 3.8) is 0 Å². The van der Waals surface area contributed by atoms with E-state index >= 15 is 0 Å². The highest BCUT2D eigenvalue weighted by Gasteiger charge is 2.16. The normalized spacial score (nSPS) is 10.8. The van der Waals surface area contributed by atoms with Crippen molar-refractivity contribution in [2.75, 3.05) is 19.0 Å². The van der Waals surface area contributed by atoms with E-state index in [1.165, 1.54) is 6.20 Å². The van der Waals surface area contributed by atoms with Crippen molar-refractivity contribution in [2.45, 2.75) is 13.5 Å². The summed E-state index contributed by atoms with van der Waals surface area (Å²) in [6.07, 6.45) is 1.30. The quantitative estimate of drug-likeness (QED) is 0.931. The van der Waals surface area contributed by atoms with E-state index < -0.39 is 17.2 Å². The summed E-state index contributed by atoms with van der Waals surface area (Å²) < 4.78 is 15.6. The molecule has 0 saturated carbocycles. The van der Waals surface area contributed by atoms with E-state index in [0.717, 1.165) is 6.07 Å². The number of nitrogens with zero attached hydrogens (tertiary/aromatic N) is 2. The van der Waals surface area contributed by atoms with Crippen molar-refractivity contribution < 1.29 is 14.3 Å². The lowest BCUT2D eigenvalue weighted by Crippen LogP contribution is -2.20. The number of fused-ring (bicyclic) bond motifs is 1. The smallest absolute Gasteiger partial charge is 0.341 e. The molecular weight excluding hydrogens is 263 g/mol. The molecule has 1 heterocycles. The molecule has 2 rings (SSSR count). The SMILES string of the molecule is CCn1cc(C(=O)O)c(=O)c2cc(F)c(N(C)C)cc21. The van der Waals surface area contributed by atoms with Crippen LogP contribution in [0.15, 0.2) is 23.1 Å². The van der Waals surface area contributed by atoms with Crippen LogP contribution >= 0.6 is 0 Å². The molecule has 0 aliphatic rings. The number of carboxylic acids is 1. The zero-order valence-electron chi connectivity index (χ0n) is 11.5. The van der Waals surface area contributed by atoms with Crippen molar-refractivity contribution >= 4 is 22.6 Å². The molecule has 1 aromatic carbocycles. The van der Waals surface area contributed by atoms with Gasteiger partial charge in [-0.25, -0.2) is 9.18 Å². The van der Waals surface area contributed by atoms with Gasteiger partial charge in [-0.05, 0) is 19.1 Å². The number of anilines is 1. The van der Waals surface area contributed by atoms with Crippen molar-refractivity contribution in [2.24, 2.45) is 0 Å². The zero-order chi connectivity index (χ0) is 15.0. The van der Waals surface area contributed by atoms with Crippen molar-refractivity contribution in [3.05, 3.63) is 39.9 Å². The minimum atomic E-state index is -1.31. The number of rotatable bonds is 3. The van der Waals surface area contributed by atoms with E-state index in [9.17, 15) is 14.0 Å². The van der Waals surface area contributed by atoms with Gasteiger partial charge in [0.1, 0.15) is 11.4 Å². The largest absolute Gasteiger partial charge is 0.477 e. The van der Waals surface area contributed by atoms with Crippen LogP contribution in [0.3, 0.4) is 0 Å². The van der Waals surface area contributed by atoms with Gasteiger partial charge < -0.3 is 14.6 Å². The topological polar surface area (TPSA) is 62.5 Å². The van der Waals surface area contributed by atoms with Gasteiger partial charge in [-0.2, -0.15) is 0 Å². The number of pyridine rings is 1. The molecule has 0 bridgehead atoms. The molecular formula is C14H15FN2O3. The fourth-order valence-corrected chi connectivity index (χ4v) is 2.16. The highest BCUT2D eigenvalue weighted by atomic mass is 19.1. The first-order chi connectivity index (χ1) is 9.36. The van der Waals surface area contributed by atoms with Gasteiger partial charge in [-0.15, -0.1) is 0 Å². The maximum absolute atomic E-state index is 14.0. The third-order valence-corrected chi connectivity index (χ3v) is 3.20. The van der Waals surface area contributed by atoms with Gasteiger partial charge in [-0.3, -0.25) is 4.79 Å². The predicted molar refractivity (Wildman–Crippen MR) is 75.1 cm³/mol. The summed E-state index contributed by atoms with van der Waals surface area (Å²) in [5.41, 5.74) is -0.146. The Kier molecular flexibility index (Phi) is 3.48. The van der Waals surface area contributed by atoms with E-state index in [4.69, 9.17) is 5.11 Å². The summed E-state index contributed by atoms with van der Waals surface area (Å²) >= 11 is 0. The fraction of sp³-hybridized carbons (Fsp3) is 0.286. The Morgan fingerprint density at radius 3 is 2.55 bits per heavy atom. The van der Waals surface area contributed by atoms with E-state index in [0.29, 0.717) is 17.7 Å². The van der Waals surface area contributed by atoms with E-state index in [-0.39, 0.29) is 10.9 Å². The van der Waals surface area contributed by atoms with E-state index in [1.54, 1.807) is 29.6 Å². The van der Waals surface area contributed by atoms with Crippen molar-refractivity contribution in [1.29, 1.82) is 0 Å². The Balaban J connectivity index is 2.94. The lowest BCUT2D eigenvalue weighted by atomic mass is 10.1. The molecule has 2 aromatic rings. The van der Waals surface area contributed by atoms with Gasteiger partial charge in [0.15, 0.2) is 0 Å². The molecule has 0 amide bonds. The second-order valence-electron chi connectivity index (χ2n) is 4.68. The summed E-state index contributed by atoms with van der Waals surface area (Å²) in [4.78, 5) is 24.8. The molecule has 0 aliphatic heterocycles. The molecule has 6 heteroatoms. The average molecular weight is 278 g/mol. The summed E-state index contributed by atoms with van der Waals surface area (Å²) in [6.45, 7) is 2.31. The summed E-state index contributed by atoms with van der Waals surface area (Å²) in [5, 5.41) is 9.12. The van der Waals surface area contributed by atoms with Crippen molar-refractivity contribution in [1.82, 2.24) is 4.57 Å². The van der Waals surface area contributed by atoms with Crippen molar-refractivity contribution in [3.8, 4) is 0 Å². The number of carbonyl (C=O) groups is 1. The first-order valence-electron chi connectivity index (χ1n) is 6.14. The highest BCUT2D eigenvalue weighted by molar-refractivity contribution is 5.93. The standard InChI is InChI=1S/C14H15FN2O3/c1-4-17-7-9(14(19)20)13(18)8-5-10(15)12(16(2)3)6-11(8)17/h5-7H,4H2,1-3H3,(H,19,20). The molecule has 0 atom stereocenters. The third kappa shape index (κ3) is 2.13. The van der Waals surface area contributed by atoms with Gasteiger partial charge >= 0.3 is 5.97 Å². The first kappa shape index (κ1) is 14.0. The van der Waals surface area contributed by atoms with Gasteiger partial charge in [0, 0.05) is 32.2 Å². The molecule has 0 radical (unpaired) electrons. The van der Waals surface area contributed by atoms with Crippen LogP contribution in [-0.4, -0.2) is 29.7 Å². The van der Waals surface area contributed by atoms with Crippen LogP contribution in [0.2, 0.25) is 0 Å². The summed E-state index contributed by atoms with van der Waals surface area (Å²) in [6, 6.07) is 2.66.